The van der Waals surface area contributed by atoms with Crippen molar-refractivity contribution in [3.8, 4) is 0 Å². The number of carbonyl (C=O) groups excluding carboxylic acids is 1. The fourth-order valence-corrected chi connectivity index (χ4v) is 3.49. The molecule has 0 fully saturated rings. The Hall–Kier alpha value is -1.67. The van der Waals surface area contributed by atoms with Gasteiger partial charge in [0.05, 0.1) is 18.6 Å². The molecule has 0 heterocycles. The van der Waals surface area contributed by atoms with Crippen LogP contribution in [0.2, 0.25) is 0 Å². The molecule has 0 radical (unpaired) electrons. The first-order chi connectivity index (χ1) is 10.7. The van der Waals surface area contributed by atoms with Gasteiger partial charge in [0.15, 0.2) is 0 Å². The van der Waals surface area contributed by atoms with Gasteiger partial charge in [-0.15, -0.1) is 0 Å². The lowest BCUT2D eigenvalue weighted by molar-refractivity contribution is -0.123. The summed E-state index contributed by atoms with van der Waals surface area (Å²) in [5, 5.41) is 2.72. The molecule has 0 aliphatic carbocycles. The standard InChI is InChI=1S/C15H23FN2O4S/c1-5-14(15(19)17-11(2)10-22-3)18(23(4,20)21)13-8-6-12(16)7-9-13/h6-9,11,14H,5,10H2,1-4H3,(H,17,19)/t11-,14+/m0/s1. The van der Waals surface area contributed by atoms with Gasteiger partial charge in [-0.2, -0.15) is 0 Å². The van der Waals surface area contributed by atoms with Gasteiger partial charge in [-0.1, -0.05) is 6.92 Å². The minimum atomic E-state index is -3.72. The molecule has 0 aliphatic rings. The highest BCUT2D eigenvalue weighted by Gasteiger charge is 2.31. The maximum absolute atomic E-state index is 13.1. The lowest BCUT2D eigenvalue weighted by Gasteiger charge is -2.31. The maximum atomic E-state index is 13.1. The van der Waals surface area contributed by atoms with Crippen molar-refractivity contribution in [3.05, 3.63) is 30.1 Å². The number of rotatable bonds is 8. The predicted octanol–water partition coefficient (Wildman–Crippen LogP) is 1.52. The van der Waals surface area contributed by atoms with E-state index in [1.54, 1.807) is 13.8 Å². The van der Waals surface area contributed by atoms with E-state index in [4.69, 9.17) is 4.74 Å². The number of hydrogen-bond acceptors (Lipinski definition) is 4. The van der Waals surface area contributed by atoms with Crippen molar-refractivity contribution in [1.29, 1.82) is 0 Å². The number of nitrogens with one attached hydrogen (secondary N) is 1. The number of sulfonamides is 1. The molecule has 130 valence electrons. The maximum Gasteiger partial charge on any atom is 0.244 e. The number of nitrogens with zero attached hydrogens (tertiary/aromatic N) is 1. The van der Waals surface area contributed by atoms with Crippen LogP contribution < -0.4 is 9.62 Å². The first-order valence-electron chi connectivity index (χ1n) is 7.25. The van der Waals surface area contributed by atoms with Crippen molar-refractivity contribution >= 4 is 21.6 Å². The summed E-state index contributed by atoms with van der Waals surface area (Å²) < 4.78 is 43.4. The van der Waals surface area contributed by atoms with E-state index in [0.717, 1.165) is 22.7 Å². The molecule has 0 aliphatic heterocycles. The Morgan fingerprint density at radius 1 is 1.35 bits per heavy atom. The van der Waals surface area contributed by atoms with Crippen LogP contribution in [0.3, 0.4) is 0 Å². The molecule has 1 aromatic carbocycles. The summed E-state index contributed by atoms with van der Waals surface area (Å²) in [7, 11) is -2.20. The average molecular weight is 346 g/mol. The Kier molecular flexibility index (Phi) is 6.96. The molecule has 0 spiro atoms. The van der Waals surface area contributed by atoms with Crippen molar-refractivity contribution in [2.75, 3.05) is 24.3 Å². The van der Waals surface area contributed by atoms with Crippen molar-refractivity contribution < 1.29 is 22.3 Å². The van der Waals surface area contributed by atoms with Gasteiger partial charge in [-0.25, -0.2) is 12.8 Å². The summed E-state index contributed by atoms with van der Waals surface area (Å²) in [4.78, 5) is 12.4. The predicted molar refractivity (Wildman–Crippen MR) is 87.3 cm³/mol. The van der Waals surface area contributed by atoms with Crippen LogP contribution in [-0.4, -0.2) is 46.4 Å². The van der Waals surface area contributed by atoms with Gasteiger partial charge < -0.3 is 10.1 Å². The number of benzene rings is 1. The van der Waals surface area contributed by atoms with Gasteiger partial charge in [-0.05, 0) is 37.6 Å². The van der Waals surface area contributed by atoms with Crippen LogP contribution in [0.1, 0.15) is 20.3 Å². The fraction of sp³-hybridized carbons (Fsp3) is 0.533. The molecule has 1 amide bonds. The van der Waals surface area contributed by atoms with Crippen LogP contribution in [0, 0.1) is 5.82 Å². The first-order valence-corrected chi connectivity index (χ1v) is 9.09. The third kappa shape index (κ3) is 5.47. The molecule has 1 rings (SSSR count). The van der Waals surface area contributed by atoms with E-state index in [1.807, 2.05) is 0 Å². The molecule has 0 unspecified atom stereocenters. The molecule has 0 bridgehead atoms. The van der Waals surface area contributed by atoms with E-state index in [-0.39, 0.29) is 18.2 Å². The van der Waals surface area contributed by atoms with E-state index < -0.39 is 27.8 Å². The van der Waals surface area contributed by atoms with E-state index in [0.29, 0.717) is 6.61 Å². The normalized spacial score (nSPS) is 14.1. The molecule has 2 atom stereocenters. The summed E-state index contributed by atoms with van der Waals surface area (Å²) >= 11 is 0. The molecule has 1 N–H and O–H groups in total. The van der Waals surface area contributed by atoms with Gasteiger partial charge in [0, 0.05) is 13.2 Å². The zero-order valence-corrected chi connectivity index (χ0v) is 14.6. The van der Waals surface area contributed by atoms with Crippen LogP contribution >= 0.6 is 0 Å². The zero-order chi connectivity index (χ0) is 17.6. The van der Waals surface area contributed by atoms with Crippen molar-refractivity contribution in [2.45, 2.75) is 32.4 Å². The fourth-order valence-electron chi connectivity index (χ4n) is 2.28. The van der Waals surface area contributed by atoms with Crippen LogP contribution in [0.4, 0.5) is 10.1 Å². The second-order valence-corrected chi connectivity index (χ2v) is 7.18. The number of amides is 1. The highest BCUT2D eigenvalue weighted by molar-refractivity contribution is 7.92. The summed E-state index contributed by atoms with van der Waals surface area (Å²) in [6, 6.07) is 3.82. The van der Waals surface area contributed by atoms with Crippen LogP contribution in [0.5, 0.6) is 0 Å². The molecule has 0 saturated heterocycles. The molecular formula is C15H23FN2O4S. The SMILES string of the molecule is CC[C@H](C(=O)N[C@@H](C)COC)N(c1ccc(F)cc1)S(C)(=O)=O. The zero-order valence-electron chi connectivity index (χ0n) is 13.7. The van der Waals surface area contributed by atoms with E-state index in [1.165, 1.54) is 19.2 Å². The number of ether oxygens (including phenoxy) is 1. The van der Waals surface area contributed by atoms with Crippen molar-refractivity contribution in [3.63, 3.8) is 0 Å². The third-order valence-corrected chi connectivity index (χ3v) is 4.40. The van der Waals surface area contributed by atoms with Crippen LogP contribution in [0.15, 0.2) is 24.3 Å². The largest absolute Gasteiger partial charge is 0.383 e. The smallest absolute Gasteiger partial charge is 0.244 e. The number of halogens is 1. The van der Waals surface area contributed by atoms with Crippen molar-refractivity contribution in [2.24, 2.45) is 0 Å². The Labute approximate surface area is 136 Å². The van der Waals surface area contributed by atoms with E-state index >= 15 is 0 Å². The summed E-state index contributed by atoms with van der Waals surface area (Å²) in [5.41, 5.74) is 0.246. The lowest BCUT2D eigenvalue weighted by atomic mass is 10.1. The van der Waals surface area contributed by atoms with Gasteiger partial charge in [0.25, 0.3) is 0 Å². The quantitative estimate of drug-likeness (QED) is 0.774. The highest BCUT2D eigenvalue weighted by atomic mass is 32.2. The summed E-state index contributed by atoms with van der Waals surface area (Å²) in [6.45, 7) is 3.79. The minimum Gasteiger partial charge on any atom is -0.383 e. The van der Waals surface area contributed by atoms with Crippen LogP contribution in [-0.2, 0) is 19.6 Å². The van der Waals surface area contributed by atoms with Gasteiger partial charge in [0.2, 0.25) is 15.9 Å². The highest BCUT2D eigenvalue weighted by Crippen LogP contribution is 2.22. The van der Waals surface area contributed by atoms with Gasteiger partial charge in [0.1, 0.15) is 11.9 Å². The average Bonchev–Trinajstić information content (AvgIpc) is 2.44. The monoisotopic (exact) mass is 346 g/mol. The molecule has 1 aromatic rings. The van der Waals surface area contributed by atoms with Crippen LogP contribution in [0.25, 0.3) is 0 Å². The Morgan fingerprint density at radius 3 is 2.35 bits per heavy atom. The summed E-state index contributed by atoms with van der Waals surface area (Å²) in [5.74, 6) is -0.903. The molecule has 23 heavy (non-hydrogen) atoms. The van der Waals surface area contributed by atoms with Gasteiger partial charge in [-0.3, -0.25) is 9.10 Å². The first kappa shape index (κ1) is 19.4. The molecule has 6 nitrogen and oxygen atoms in total. The summed E-state index contributed by atoms with van der Waals surface area (Å²) in [6.07, 6.45) is 1.29. The number of methoxy groups -OCH3 is 1. The molecule has 0 saturated carbocycles. The Balaban J connectivity index is 3.13. The Morgan fingerprint density at radius 2 is 1.91 bits per heavy atom. The number of carbonyl (C=O) groups is 1. The van der Waals surface area contributed by atoms with Gasteiger partial charge >= 0.3 is 0 Å². The van der Waals surface area contributed by atoms with E-state index in [2.05, 4.69) is 5.32 Å². The minimum absolute atomic E-state index is 0.246. The van der Waals surface area contributed by atoms with E-state index in [9.17, 15) is 17.6 Å². The second kappa shape index (κ2) is 8.26. The Bertz CT molecular complexity index is 619. The molecule has 0 aromatic heterocycles. The lowest BCUT2D eigenvalue weighted by Crippen LogP contribution is -2.51. The number of anilines is 1. The molecule has 8 heteroatoms. The topological polar surface area (TPSA) is 75.7 Å². The number of hydrogen-bond donors (Lipinski definition) is 1. The molecular weight excluding hydrogens is 323 g/mol. The second-order valence-electron chi connectivity index (χ2n) is 5.32. The van der Waals surface area contributed by atoms with Crippen molar-refractivity contribution in [1.82, 2.24) is 5.32 Å². The third-order valence-electron chi connectivity index (χ3n) is 3.22.